The summed E-state index contributed by atoms with van der Waals surface area (Å²) >= 11 is 1.74. The molecule has 6 nitrogen and oxygen atoms in total. The molecule has 0 atom stereocenters. The fourth-order valence-electron chi connectivity index (χ4n) is 2.53. The van der Waals surface area contributed by atoms with Crippen LogP contribution in [0.2, 0.25) is 0 Å². The molecule has 0 aromatic carbocycles. The number of guanidine groups is 1. The van der Waals surface area contributed by atoms with Gasteiger partial charge in [-0.25, -0.2) is 4.99 Å². The van der Waals surface area contributed by atoms with E-state index in [1.165, 1.54) is 30.6 Å². The van der Waals surface area contributed by atoms with E-state index in [0.29, 0.717) is 0 Å². The molecule has 0 fully saturated rings. The van der Waals surface area contributed by atoms with Gasteiger partial charge in [0, 0.05) is 30.9 Å². The normalized spacial score (nSPS) is 11.2. The first-order valence-electron chi connectivity index (χ1n) is 9.24. The summed E-state index contributed by atoms with van der Waals surface area (Å²) in [5.74, 6) is 1.91. The molecule has 146 valence electrons. The first-order chi connectivity index (χ1) is 12.3. The van der Waals surface area contributed by atoms with Crippen molar-refractivity contribution >= 4 is 41.3 Å². The highest BCUT2D eigenvalue weighted by molar-refractivity contribution is 14.0. The number of aliphatic imine (C=N–C) groups is 1. The van der Waals surface area contributed by atoms with Gasteiger partial charge in [-0.15, -0.1) is 45.5 Å². The minimum Gasteiger partial charge on any atom is -0.356 e. The highest BCUT2D eigenvalue weighted by Gasteiger charge is 2.03. The number of hydrogen-bond acceptors (Lipinski definition) is 4. The zero-order valence-corrected chi connectivity index (χ0v) is 18.9. The lowest BCUT2D eigenvalue weighted by Gasteiger charge is -2.13. The lowest BCUT2D eigenvalue weighted by molar-refractivity contribution is 0.620. The van der Waals surface area contributed by atoms with Crippen molar-refractivity contribution in [3.05, 3.63) is 34.5 Å². The molecule has 8 heteroatoms. The van der Waals surface area contributed by atoms with Gasteiger partial charge in [0.25, 0.3) is 0 Å². The topological polar surface area (TPSA) is 67.1 Å². The fourth-order valence-corrected chi connectivity index (χ4v) is 3.15. The number of nitrogens with zero attached hydrogens (tertiary/aromatic N) is 4. The van der Waals surface area contributed by atoms with Crippen LogP contribution >= 0.6 is 35.3 Å². The van der Waals surface area contributed by atoms with Gasteiger partial charge in [-0.05, 0) is 17.9 Å². The Balaban J connectivity index is 0.00000338. The molecule has 0 amide bonds. The Morgan fingerprint density at radius 2 is 2.04 bits per heavy atom. The highest BCUT2D eigenvalue weighted by Crippen LogP contribution is 2.09. The van der Waals surface area contributed by atoms with E-state index < -0.39 is 0 Å². The third-order valence-electron chi connectivity index (χ3n) is 3.95. The van der Waals surface area contributed by atoms with Crippen LogP contribution in [0.4, 0.5) is 0 Å². The molecule has 0 saturated heterocycles. The molecule has 0 aliphatic carbocycles. The maximum atomic E-state index is 4.71. The van der Waals surface area contributed by atoms with Gasteiger partial charge in [-0.3, -0.25) is 0 Å². The van der Waals surface area contributed by atoms with Crippen molar-refractivity contribution in [3.8, 4) is 0 Å². The number of unbranched alkanes of at least 4 members (excludes halogenated alkanes) is 3. The summed E-state index contributed by atoms with van der Waals surface area (Å²) in [6.45, 7) is 7.65. The van der Waals surface area contributed by atoms with Gasteiger partial charge < -0.3 is 15.2 Å². The maximum Gasteiger partial charge on any atom is 0.191 e. The third kappa shape index (κ3) is 8.48. The molecule has 0 saturated carbocycles. The van der Waals surface area contributed by atoms with E-state index in [9.17, 15) is 0 Å². The Kier molecular flexibility index (Phi) is 12.3. The zero-order valence-electron chi connectivity index (χ0n) is 15.8. The highest BCUT2D eigenvalue weighted by atomic mass is 127. The van der Waals surface area contributed by atoms with Gasteiger partial charge in [0.05, 0.1) is 6.54 Å². The Bertz CT molecular complexity index is 611. The van der Waals surface area contributed by atoms with Gasteiger partial charge in [-0.1, -0.05) is 39.2 Å². The average molecular weight is 490 g/mol. The fraction of sp³-hybridized carbons (Fsp3) is 0.611. The van der Waals surface area contributed by atoms with Crippen LogP contribution in [-0.4, -0.2) is 33.8 Å². The summed E-state index contributed by atoms with van der Waals surface area (Å²) in [7, 11) is 0. The SMILES string of the molecule is CCCCCCNC(=NCc1cccs1)NCCn1cnnc1CC.I. The molecule has 0 radical (unpaired) electrons. The molecular weight excluding hydrogens is 459 g/mol. The summed E-state index contributed by atoms with van der Waals surface area (Å²) in [5, 5.41) is 17.1. The number of rotatable bonds is 11. The average Bonchev–Trinajstić information content (AvgIpc) is 3.30. The predicted molar refractivity (Wildman–Crippen MR) is 120 cm³/mol. The summed E-state index contributed by atoms with van der Waals surface area (Å²) in [6, 6.07) is 4.19. The minimum absolute atomic E-state index is 0. The van der Waals surface area contributed by atoms with Gasteiger partial charge in [-0.2, -0.15) is 0 Å². The molecule has 26 heavy (non-hydrogen) atoms. The minimum atomic E-state index is 0. The molecule has 0 bridgehead atoms. The second-order valence-electron chi connectivity index (χ2n) is 5.95. The molecule has 0 aliphatic rings. The van der Waals surface area contributed by atoms with E-state index in [0.717, 1.165) is 44.4 Å². The summed E-state index contributed by atoms with van der Waals surface area (Å²) in [4.78, 5) is 5.99. The van der Waals surface area contributed by atoms with Crippen LogP contribution in [-0.2, 0) is 19.5 Å². The van der Waals surface area contributed by atoms with E-state index in [1.54, 1.807) is 17.7 Å². The molecule has 2 heterocycles. The van der Waals surface area contributed by atoms with Crippen LogP contribution in [0.25, 0.3) is 0 Å². The van der Waals surface area contributed by atoms with Gasteiger partial charge in [0.15, 0.2) is 5.96 Å². The van der Waals surface area contributed by atoms with E-state index in [-0.39, 0.29) is 24.0 Å². The number of nitrogens with one attached hydrogen (secondary N) is 2. The molecule has 0 aliphatic heterocycles. The van der Waals surface area contributed by atoms with Crippen molar-refractivity contribution in [3.63, 3.8) is 0 Å². The Labute approximate surface area is 177 Å². The predicted octanol–water partition coefficient (Wildman–Crippen LogP) is 3.84. The second kappa shape index (κ2) is 14.0. The largest absolute Gasteiger partial charge is 0.356 e. The maximum absolute atomic E-state index is 4.71. The van der Waals surface area contributed by atoms with Gasteiger partial charge in [0.2, 0.25) is 0 Å². The number of halogens is 1. The van der Waals surface area contributed by atoms with Crippen molar-refractivity contribution in [2.45, 2.75) is 59.0 Å². The van der Waals surface area contributed by atoms with Gasteiger partial charge >= 0.3 is 0 Å². The van der Waals surface area contributed by atoms with Crippen molar-refractivity contribution in [2.75, 3.05) is 13.1 Å². The lowest BCUT2D eigenvalue weighted by atomic mass is 10.2. The molecule has 2 N–H and O–H groups in total. The van der Waals surface area contributed by atoms with Crippen LogP contribution < -0.4 is 10.6 Å². The first kappa shape index (κ1) is 22.9. The summed E-state index contributed by atoms with van der Waals surface area (Å²) in [5.41, 5.74) is 0. The number of aromatic nitrogens is 3. The Morgan fingerprint density at radius 3 is 2.77 bits per heavy atom. The van der Waals surface area contributed by atoms with Crippen LogP contribution in [0, 0.1) is 0 Å². The molecule has 2 rings (SSSR count). The third-order valence-corrected chi connectivity index (χ3v) is 4.81. The molecule has 2 aromatic rings. The zero-order chi connectivity index (χ0) is 17.7. The quantitative estimate of drug-likeness (QED) is 0.218. The van der Waals surface area contributed by atoms with Crippen LogP contribution in [0.5, 0.6) is 0 Å². The number of thiophene rings is 1. The van der Waals surface area contributed by atoms with Crippen LogP contribution in [0.1, 0.15) is 50.2 Å². The van der Waals surface area contributed by atoms with Crippen molar-refractivity contribution in [1.29, 1.82) is 0 Å². The molecule has 2 aromatic heterocycles. The van der Waals surface area contributed by atoms with E-state index in [4.69, 9.17) is 4.99 Å². The van der Waals surface area contributed by atoms with E-state index >= 15 is 0 Å². The lowest BCUT2D eigenvalue weighted by Crippen LogP contribution is -2.39. The number of aryl methyl sites for hydroxylation is 1. The van der Waals surface area contributed by atoms with E-state index in [1.807, 2.05) is 0 Å². The summed E-state index contributed by atoms with van der Waals surface area (Å²) in [6.07, 6.45) is 7.69. The smallest absolute Gasteiger partial charge is 0.191 e. The van der Waals surface area contributed by atoms with E-state index in [2.05, 4.69) is 56.8 Å². The molecule has 0 unspecified atom stereocenters. The molecular formula is C18H31IN6S. The van der Waals surface area contributed by atoms with Crippen LogP contribution in [0.3, 0.4) is 0 Å². The van der Waals surface area contributed by atoms with Crippen molar-refractivity contribution in [1.82, 2.24) is 25.4 Å². The standard InChI is InChI=1S/C18H30N6S.HI/c1-3-5-6-7-10-19-18(21-14-16-9-8-13-25-16)20-11-12-24-15-22-23-17(24)4-2;/h8-9,13,15H,3-7,10-12,14H2,1-2H3,(H2,19,20,21);1H. The van der Waals surface area contributed by atoms with Crippen LogP contribution in [0.15, 0.2) is 28.8 Å². The first-order valence-corrected chi connectivity index (χ1v) is 10.1. The Morgan fingerprint density at radius 1 is 1.19 bits per heavy atom. The van der Waals surface area contributed by atoms with Crippen molar-refractivity contribution in [2.24, 2.45) is 4.99 Å². The molecule has 0 spiro atoms. The van der Waals surface area contributed by atoms with Crippen molar-refractivity contribution < 1.29 is 0 Å². The second-order valence-corrected chi connectivity index (χ2v) is 6.98. The Hall–Kier alpha value is -1.16. The summed E-state index contributed by atoms with van der Waals surface area (Å²) < 4.78 is 2.09. The monoisotopic (exact) mass is 490 g/mol. The number of hydrogen-bond donors (Lipinski definition) is 2. The van der Waals surface area contributed by atoms with Gasteiger partial charge in [0.1, 0.15) is 12.2 Å².